The van der Waals surface area contributed by atoms with Crippen LogP contribution in [0.5, 0.6) is 0 Å². The summed E-state index contributed by atoms with van der Waals surface area (Å²) in [5, 5.41) is 7.85. The highest BCUT2D eigenvalue weighted by Gasteiger charge is 2.20. The Kier molecular flexibility index (Phi) is 2.97. The van der Waals surface area contributed by atoms with Crippen molar-refractivity contribution in [1.82, 2.24) is 10.2 Å². The maximum absolute atomic E-state index is 5.86. The summed E-state index contributed by atoms with van der Waals surface area (Å²) in [6, 6.07) is 3.71. The normalized spacial score (nSPS) is 15.7. The van der Waals surface area contributed by atoms with Crippen LogP contribution in [0, 0.1) is 3.70 Å². The predicted octanol–water partition coefficient (Wildman–Crippen LogP) is 0.214. The molecule has 4 nitrogen and oxygen atoms in total. The van der Waals surface area contributed by atoms with E-state index in [1.165, 1.54) is 0 Å². The number of nitrogens with two attached hydrogens (primary N) is 2. The topological polar surface area (TPSA) is 77.8 Å². The maximum atomic E-state index is 5.86. The predicted molar refractivity (Wildman–Crippen MR) is 55.3 cm³/mol. The van der Waals surface area contributed by atoms with Gasteiger partial charge in [0.2, 0.25) is 0 Å². The number of halogens is 1. The third-order valence-corrected chi connectivity index (χ3v) is 2.22. The van der Waals surface area contributed by atoms with Gasteiger partial charge in [-0.2, -0.15) is 5.10 Å². The van der Waals surface area contributed by atoms with Crippen LogP contribution in [0.4, 0.5) is 0 Å². The first-order chi connectivity index (χ1) is 5.56. The fourth-order valence-electron chi connectivity index (χ4n) is 0.725. The second-order valence-electron chi connectivity index (χ2n) is 2.86. The lowest BCUT2D eigenvalue weighted by Gasteiger charge is -2.20. The van der Waals surface area contributed by atoms with Crippen molar-refractivity contribution >= 4 is 22.6 Å². The van der Waals surface area contributed by atoms with Crippen molar-refractivity contribution in [2.45, 2.75) is 12.5 Å². The van der Waals surface area contributed by atoms with Gasteiger partial charge >= 0.3 is 0 Å². The van der Waals surface area contributed by atoms with Crippen LogP contribution >= 0.6 is 22.6 Å². The molecule has 1 heterocycles. The number of hydrogen-bond donors (Lipinski definition) is 2. The standard InChI is InChI=1S/C7H11IN4/c1-7(10,4-9)5-2-3-6(8)12-11-5/h2-3H,4,9-10H2,1H3. The molecule has 1 unspecified atom stereocenters. The van der Waals surface area contributed by atoms with E-state index in [1.54, 1.807) is 0 Å². The SMILES string of the molecule is CC(N)(CN)c1ccc(I)nn1. The van der Waals surface area contributed by atoms with Gasteiger partial charge in [0, 0.05) is 6.54 Å². The van der Waals surface area contributed by atoms with Crippen LogP contribution in [0.25, 0.3) is 0 Å². The number of nitrogens with zero attached hydrogens (tertiary/aromatic N) is 2. The van der Waals surface area contributed by atoms with Crippen LogP contribution in [0.3, 0.4) is 0 Å². The van der Waals surface area contributed by atoms with E-state index in [9.17, 15) is 0 Å². The highest BCUT2D eigenvalue weighted by molar-refractivity contribution is 14.1. The minimum Gasteiger partial charge on any atom is -0.328 e. The molecule has 1 rings (SSSR count). The summed E-state index contributed by atoms with van der Waals surface area (Å²) < 4.78 is 0.851. The van der Waals surface area contributed by atoms with E-state index < -0.39 is 5.54 Å². The van der Waals surface area contributed by atoms with E-state index in [2.05, 4.69) is 32.8 Å². The van der Waals surface area contributed by atoms with E-state index in [0.717, 1.165) is 9.39 Å². The molecule has 0 aromatic carbocycles. The van der Waals surface area contributed by atoms with Gasteiger partial charge in [-0.05, 0) is 41.6 Å². The smallest absolute Gasteiger partial charge is 0.124 e. The first kappa shape index (κ1) is 9.82. The van der Waals surface area contributed by atoms with Gasteiger partial charge in [0.1, 0.15) is 3.70 Å². The highest BCUT2D eigenvalue weighted by atomic mass is 127. The summed E-state index contributed by atoms with van der Waals surface area (Å²) in [6.07, 6.45) is 0. The monoisotopic (exact) mass is 278 g/mol. The third kappa shape index (κ3) is 2.11. The van der Waals surface area contributed by atoms with Gasteiger partial charge in [-0.25, -0.2) is 0 Å². The van der Waals surface area contributed by atoms with Gasteiger partial charge in [-0.15, -0.1) is 5.10 Å². The molecule has 0 saturated heterocycles. The molecule has 0 spiro atoms. The van der Waals surface area contributed by atoms with E-state index in [1.807, 2.05) is 19.1 Å². The summed E-state index contributed by atoms with van der Waals surface area (Å²) in [6.45, 7) is 2.20. The summed E-state index contributed by atoms with van der Waals surface area (Å²) in [5.74, 6) is 0. The summed E-state index contributed by atoms with van der Waals surface area (Å²) >= 11 is 2.09. The van der Waals surface area contributed by atoms with Gasteiger partial charge in [-0.3, -0.25) is 0 Å². The van der Waals surface area contributed by atoms with Gasteiger partial charge in [0.05, 0.1) is 11.2 Å². The minimum atomic E-state index is -0.572. The van der Waals surface area contributed by atoms with Gasteiger partial charge in [-0.1, -0.05) is 0 Å². The molecule has 4 N–H and O–H groups in total. The Morgan fingerprint density at radius 1 is 1.50 bits per heavy atom. The molecular formula is C7H11IN4. The van der Waals surface area contributed by atoms with Crippen LogP contribution in [-0.2, 0) is 5.54 Å². The fourth-order valence-corrected chi connectivity index (χ4v) is 1.01. The molecule has 12 heavy (non-hydrogen) atoms. The Bertz CT molecular complexity index is 257. The lowest BCUT2D eigenvalue weighted by Crippen LogP contribution is -2.41. The molecule has 0 aliphatic carbocycles. The van der Waals surface area contributed by atoms with Gasteiger partial charge < -0.3 is 11.5 Å². The third-order valence-electron chi connectivity index (χ3n) is 1.64. The van der Waals surface area contributed by atoms with E-state index >= 15 is 0 Å². The second kappa shape index (κ2) is 3.63. The van der Waals surface area contributed by atoms with Crippen LogP contribution < -0.4 is 11.5 Å². The Hall–Kier alpha value is -0.270. The molecule has 1 atom stereocenters. The first-order valence-electron chi connectivity index (χ1n) is 3.55. The zero-order chi connectivity index (χ0) is 9.19. The molecule has 0 aliphatic rings. The first-order valence-corrected chi connectivity index (χ1v) is 4.63. The lowest BCUT2D eigenvalue weighted by molar-refractivity contribution is 0.484. The van der Waals surface area contributed by atoms with Crippen LogP contribution in [-0.4, -0.2) is 16.7 Å². The van der Waals surface area contributed by atoms with Crippen molar-refractivity contribution in [3.8, 4) is 0 Å². The van der Waals surface area contributed by atoms with Crippen molar-refractivity contribution in [2.75, 3.05) is 6.54 Å². The average molecular weight is 278 g/mol. The van der Waals surface area contributed by atoms with E-state index in [4.69, 9.17) is 11.5 Å². The summed E-state index contributed by atoms with van der Waals surface area (Å²) in [5.41, 5.74) is 11.5. The van der Waals surface area contributed by atoms with Gasteiger partial charge in [0.25, 0.3) is 0 Å². The van der Waals surface area contributed by atoms with Crippen LogP contribution in [0.2, 0.25) is 0 Å². The number of rotatable bonds is 2. The summed E-state index contributed by atoms with van der Waals surface area (Å²) in [4.78, 5) is 0. The largest absolute Gasteiger partial charge is 0.328 e. The van der Waals surface area contributed by atoms with E-state index in [-0.39, 0.29) is 0 Å². The molecule has 0 radical (unpaired) electrons. The average Bonchev–Trinajstić information content (AvgIpc) is 2.05. The quantitative estimate of drug-likeness (QED) is 0.758. The van der Waals surface area contributed by atoms with Crippen molar-refractivity contribution < 1.29 is 0 Å². The summed E-state index contributed by atoms with van der Waals surface area (Å²) in [7, 11) is 0. The molecule has 5 heteroatoms. The lowest BCUT2D eigenvalue weighted by atomic mass is 10.00. The fraction of sp³-hybridized carbons (Fsp3) is 0.429. The number of aromatic nitrogens is 2. The van der Waals surface area contributed by atoms with Crippen molar-refractivity contribution in [1.29, 1.82) is 0 Å². The highest BCUT2D eigenvalue weighted by Crippen LogP contribution is 2.12. The zero-order valence-electron chi connectivity index (χ0n) is 6.79. The van der Waals surface area contributed by atoms with Crippen molar-refractivity contribution in [2.24, 2.45) is 11.5 Å². The van der Waals surface area contributed by atoms with Crippen LogP contribution in [0.15, 0.2) is 12.1 Å². The second-order valence-corrected chi connectivity index (χ2v) is 3.97. The van der Waals surface area contributed by atoms with Gasteiger partial charge in [0.15, 0.2) is 0 Å². The molecule has 0 aliphatic heterocycles. The molecule has 66 valence electrons. The van der Waals surface area contributed by atoms with E-state index in [0.29, 0.717) is 6.54 Å². The molecule has 0 saturated carbocycles. The Morgan fingerprint density at radius 2 is 2.17 bits per heavy atom. The van der Waals surface area contributed by atoms with Crippen molar-refractivity contribution in [3.05, 3.63) is 21.5 Å². The molecule has 1 aromatic rings. The Morgan fingerprint density at radius 3 is 2.58 bits per heavy atom. The van der Waals surface area contributed by atoms with Crippen molar-refractivity contribution in [3.63, 3.8) is 0 Å². The Balaban J connectivity index is 2.96. The maximum Gasteiger partial charge on any atom is 0.124 e. The Labute approximate surface area is 84.9 Å². The molecule has 0 bridgehead atoms. The minimum absolute atomic E-state index is 0.363. The molecule has 1 aromatic heterocycles. The molecule has 0 fully saturated rings. The number of hydrogen-bond acceptors (Lipinski definition) is 4. The molecule has 0 amide bonds. The van der Waals surface area contributed by atoms with Crippen LogP contribution in [0.1, 0.15) is 12.6 Å². The zero-order valence-corrected chi connectivity index (χ0v) is 8.95. The molecular weight excluding hydrogens is 267 g/mol.